The van der Waals surface area contributed by atoms with E-state index in [-0.39, 0.29) is 17.8 Å². The van der Waals surface area contributed by atoms with Crippen molar-refractivity contribution < 1.29 is 14.3 Å². The first-order valence-corrected chi connectivity index (χ1v) is 9.96. The Hall–Kier alpha value is -2.32. The Balaban J connectivity index is 1.96. The topological polar surface area (TPSA) is 85.7 Å². The Labute approximate surface area is 173 Å². The molecule has 0 radical (unpaired) electrons. The Kier molecular flexibility index (Phi) is 8.07. The van der Waals surface area contributed by atoms with Gasteiger partial charge in [0.25, 0.3) is 5.91 Å². The number of nitrogens with zero attached hydrogens (tertiary/aromatic N) is 3. The zero-order valence-corrected chi connectivity index (χ0v) is 18.0. The fraction of sp³-hybridized carbons (Fsp3) is 0.368. The molecule has 7 nitrogen and oxygen atoms in total. The van der Waals surface area contributed by atoms with Crippen molar-refractivity contribution in [2.75, 3.05) is 12.9 Å². The van der Waals surface area contributed by atoms with Crippen LogP contribution in [0.4, 0.5) is 0 Å². The van der Waals surface area contributed by atoms with E-state index < -0.39 is 0 Å². The maximum Gasteiger partial charge on any atom is 0.250 e. The number of rotatable bonds is 8. The van der Waals surface area contributed by atoms with Crippen LogP contribution < -0.4 is 14.9 Å². The first-order valence-electron chi connectivity index (χ1n) is 8.59. The van der Waals surface area contributed by atoms with Gasteiger partial charge in [0.2, 0.25) is 0 Å². The summed E-state index contributed by atoms with van der Waals surface area (Å²) in [6, 6.07) is 5.30. The highest BCUT2D eigenvalue weighted by molar-refractivity contribution is 7.99. The number of methoxy groups -OCH3 is 1. The van der Waals surface area contributed by atoms with Crippen LogP contribution in [0, 0.1) is 13.8 Å². The number of aromatic nitrogens is 2. The molecule has 28 heavy (non-hydrogen) atoms. The Morgan fingerprint density at radius 1 is 1.29 bits per heavy atom. The number of amides is 1. The third kappa shape index (κ3) is 6.69. The maximum atomic E-state index is 12.0. The summed E-state index contributed by atoms with van der Waals surface area (Å²) in [4.78, 5) is 20.5. The molecule has 2 aromatic rings. The van der Waals surface area contributed by atoms with Crippen molar-refractivity contribution in [1.29, 1.82) is 0 Å². The average molecular weight is 423 g/mol. The van der Waals surface area contributed by atoms with Gasteiger partial charge in [0.15, 0.2) is 16.7 Å². The summed E-state index contributed by atoms with van der Waals surface area (Å²) >= 11 is 7.52. The van der Waals surface area contributed by atoms with E-state index >= 15 is 0 Å². The van der Waals surface area contributed by atoms with Crippen molar-refractivity contribution in [3.8, 4) is 11.5 Å². The lowest BCUT2D eigenvalue weighted by molar-refractivity contribution is -0.118. The zero-order valence-electron chi connectivity index (χ0n) is 16.4. The van der Waals surface area contributed by atoms with Gasteiger partial charge in [-0.15, -0.1) is 0 Å². The summed E-state index contributed by atoms with van der Waals surface area (Å²) < 4.78 is 11.0. The standard InChI is InChI=1S/C19H23ClN4O3S/c1-11(2)27-18-15(20)7-14(8-16(18)26-5)9-21-24-17(25)10-28-19-22-12(3)6-13(4)23-19/h6-9,11H,10H2,1-5H3,(H,24,25)/b21-9-. The molecule has 1 heterocycles. The van der Waals surface area contributed by atoms with Gasteiger partial charge in [0, 0.05) is 11.4 Å². The predicted molar refractivity (Wildman–Crippen MR) is 112 cm³/mol. The predicted octanol–water partition coefficient (Wildman–Crippen LogP) is 3.79. The number of thioether (sulfide) groups is 1. The number of benzene rings is 1. The summed E-state index contributed by atoms with van der Waals surface area (Å²) in [6.45, 7) is 7.59. The Morgan fingerprint density at radius 3 is 2.57 bits per heavy atom. The summed E-state index contributed by atoms with van der Waals surface area (Å²) in [6.07, 6.45) is 1.45. The number of hydrogen-bond acceptors (Lipinski definition) is 7. The summed E-state index contributed by atoms with van der Waals surface area (Å²) in [7, 11) is 1.54. The van der Waals surface area contributed by atoms with Gasteiger partial charge in [-0.3, -0.25) is 4.79 Å². The monoisotopic (exact) mass is 422 g/mol. The van der Waals surface area contributed by atoms with Gasteiger partial charge in [-0.2, -0.15) is 5.10 Å². The summed E-state index contributed by atoms with van der Waals surface area (Å²) in [5.41, 5.74) is 4.87. The minimum atomic E-state index is -0.262. The molecule has 0 aliphatic rings. The molecule has 1 N–H and O–H groups in total. The molecule has 1 aromatic heterocycles. The van der Waals surface area contributed by atoms with Gasteiger partial charge in [-0.1, -0.05) is 23.4 Å². The fourth-order valence-electron chi connectivity index (χ4n) is 2.26. The summed E-state index contributed by atoms with van der Waals surface area (Å²) in [5.74, 6) is 0.870. The number of hydrogen-bond donors (Lipinski definition) is 1. The van der Waals surface area contributed by atoms with Crippen LogP contribution in [0.1, 0.15) is 30.8 Å². The van der Waals surface area contributed by atoms with Gasteiger partial charge in [-0.25, -0.2) is 15.4 Å². The van der Waals surface area contributed by atoms with Crippen LogP contribution >= 0.6 is 23.4 Å². The minimum absolute atomic E-state index is 0.0381. The van der Waals surface area contributed by atoms with E-state index in [0.717, 1.165) is 11.4 Å². The van der Waals surface area contributed by atoms with E-state index in [2.05, 4.69) is 20.5 Å². The highest BCUT2D eigenvalue weighted by atomic mass is 35.5. The second kappa shape index (κ2) is 10.3. The molecule has 0 fully saturated rings. The Morgan fingerprint density at radius 2 is 1.96 bits per heavy atom. The van der Waals surface area contributed by atoms with E-state index in [1.807, 2.05) is 33.8 Å². The van der Waals surface area contributed by atoms with Crippen molar-refractivity contribution in [1.82, 2.24) is 15.4 Å². The van der Waals surface area contributed by atoms with Crippen molar-refractivity contribution in [3.63, 3.8) is 0 Å². The number of aryl methyl sites for hydroxylation is 2. The molecule has 0 atom stereocenters. The lowest BCUT2D eigenvalue weighted by Gasteiger charge is -2.15. The molecule has 9 heteroatoms. The molecule has 0 unspecified atom stereocenters. The van der Waals surface area contributed by atoms with Gasteiger partial charge in [0.1, 0.15) is 0 Å². The second-order valence-corrected chi connectivity index (χ2v) is 7.57. The van der Waals surface area contributed by atoms with Crippen molar-refractivity contribution in [2.45, 2.75) is 39.0 Å². The lowest BCUT2D eigenvalue weighted by atomic mass is 10.2. The number of carbonyl (C=O) groups excluding carboxylic acids is 1. The number of carbonyl (C=O) groups is 1. The number of hydrazone groups is 1. The number of ether oxygens (including phenoxy) is 2. The third-order valence-electron chi connectivity index (χ3n) is 3.30. The first-order chi connectivity index (χ1) is 13.3. The quantitative estimate of drug-likeness (QED) is 0.301. The van der Waals surface area contributed by atoms with E-state index in [1.54, 1.807) is 12.1 Å². The molecule has 0 aliphatic carbocycles. The molecule has 0 aliphatic heterocycles. The molecular formula is C19H23ClN4O3S. The SMILES string of the molecule is COc1cc(/C=N\NC(=O)CSc2nc(C)cc(C)n2)cc(Cl)c1OC(C)C. The van der Waals surface area contributed by atoms with Crippen LogP contribution in [0.2, 0.25) is 5.02 Å². The molecule has 0 spiro atoms. The molecule has 150 valence electrons. The van der Waals surface area contributed by atoms with Crippen LogP contribution in [0.25, 0.3) is 0 Å². The molecule has 0 saturated carbocycles. The van der Waals surface area contributed by atoms with Crippen LogP contribution in [0.5, 0.6) is 11.5 Å². The lowest BCUT2D eigenvalue weighted by Crippen LogP contribution is -2.19. The van der Waals surface area contributed by atoms with Gasteiger partial charge in [-0.05, 0) is 51.5 Å². The van der Waals surface area contributed by atoms with Crippen LogP contribution in [-0.4, -0.2) is 41.1 Å². The smallest absolute Gasteiger partial charge is 0.250 e. The average Bonchev–Trinajstić information content (AvgIpc) is 2.61. The highest BCUT2D eigenvalue weighted by Crippen LogP contribution is 2.36. The van der Waals surface area contributed by atoms with Gasteiger partial charge < -0.3 is 9.47 Å². The number of nitrogens with one attached hydrogen (secondary N) is 1. The van der Waals surface area contributed by atoms with E-state index in [4.69, 9.17) is 21.1 Å². The molecule has 0 saturated heterocycles. The van der Waals surface area contributed by atoms with E-state index in [1.165, 1.54) is 25.1 Å². The second-order valence-electron chi connectivity index (χ2n) is 6.22. The van der Waals surface area contributed by atoms with Crippen LogP contribution in [0.15, 0.2) is 28.5 Å². The van der Waals surface area contributed by atoms with Crippen LogP contribution in [0.3, 0.4) is 0 Å². The van der Waals surface area contributed by atoms with Crippen LogP contribution in [-0.2, 0) is 4.79 Å². The molecule has 1 aromatic carbocycles. The van der Waals surface area contributed by atoms with Gasteiger partial charge >= 0.3 is 0 Å². The zero-order chi connectivity index (χ0) is 20.7. The van der Waals surface area contributed by atoms with Crippen molar-refractivity contribution >= 4 is 35.5 Å². The molecular weight excluding hydrogens is 400 g/mol. The van der Waals surface area contributed by atoms with Crippen molar-refractivity contribution in [2.24, 2.45) is 5.10 Å². The molecule has 1 amide bonds. The Bertz CT molecular complexity index is 854. The highest BCUT2D eigenvalue weighted by Gasteiger charge is 2.13. The largest absolute Gasteiger partial charge is 0.493 e. The van der Waals surface area contributed by atoms with Gasteiger partial charge in [0.05, 0.1) is 30.2 Å². The fourth-order valence-corrected chi connectivity index (χ4v) is 3.27. The minimum Gasteiger partial charge on any atom is -0.493 e. The third-order valence-corrected chi connectivity index (χ3v) is 4.43. The molecule has 2 rings (SSSR count). The summed E-state index contributed by atoms with van der Waals surface area (Å²) in [5, 5.41) is 4.93. The van der Waals surface area contributed by atoms with Crippen molar-refractivity contribution in [3.05, 3.63) is 40.2 Å². The maximum absolute atomic E-state index is 12.0. The van der Waals surface area contributed by atoms with E-state index in [0.29, 0.717) is 27.2 Å². The first kappa shape index (κ1) is 22.0. The number of halogens is 1. The normalized spacial score (nSPS) is 11.1. The molecule has 0 bridgehead atoms. The van der Waals surface area contributed by atoms with E-state index in [9.17, 15) is 4.79 Å².